The summed E-state index contributed by atoms with van der Waals surface area (Å²) in [4.78, 5) is 30.1. The summed E-state index contributed by atoms with van der Waals surface area (Å²) < 4.78 is 1.73. The maximum Gasteiger partial charge on any atom is 0.261 e. The minimum absolute atomic E-state index is 0.0244. The fourth-order valence-electron chi connectivity index (χ4n) is 3.36. The molecule has 1 N–H and O–H groups in total. The van der Waals surface area contributed by atoms with Crippen molar-refractivity contribution < 1.29 is 4.79 Å². The van der Waals surface area contributed by atoms with Gasteiger partial charge in [0.25, 0.3) is 11.5 Å². The standard InChI is InChI=1S/C18H21N3O2S/c1-3-10-21(13-6-4-5-7-13)16(22)12-8-9-14-15(11-12)19-18(24)20(2)17(14)23/h3,8-9,11,13H,1,4-7,10H2,2H3,(H,19,24). The van der Waals surface area contributed by atoms with Gasteiger partial charge in [-0.3, -0.25) is 14.2 Å². The summed E-state index contributed by atoms with van der Waals surface area (Å²) in [5.41, 5.74) is 1.00. The SMILES string of the molecule is C=CCN(C(=O)c1ccc2c(=O)n(C)c(=S)[nH]c2c1)C1CCCC1. The molecule has 0 saturated heterocycles. The van der Waals surface area contributed by atoms with Crippen LogP contribution in [-0.4, -0.2) is 32.9 Å². The summed E-state index contributed by atoms with van der Waals surface area (Å²) >= 11 is 5.16. The van der Waals surface area contributed by atoms with Gasteiger partial charge in [-0.2, -0.15) is 0 Å². The molecule has 24 heavy (non-hydrogen) atoms. The summed E-state index contributed by atoms with van der Waals surface area (Å²) in [5, 5.41) is 0.527. The minimum Gasteiger partial charge on any atom is -0.332 e. The van der Waals surface area contributed by atoms with Crippen molar-refractivity contribution >= 4 is 29.0 Å². The van der Waals surface area contributed by atoms with Gasteiger partial charge in [0.15, 0.2) is 4.77 Å². The van der Waals surface area contributed by atoms with E-state index in [4.69, 9.17) is 12.2 Å². The van der Waals surface area contributed by atoms with E-state index in [-0.39, 0.29) is 17.5 Å². The number of nitrogens with zero attached hydrogens (tertiary/aromatic N) is 2. The van der Waals surface area contributed by atoms with Crippen LogP contribution in [0.5, 0.6) is 0 Å². The molecular weight excluding hydrogens is 322 g/mol. The third kappa shape index (κ3) is 2.94. The van der Waals surface area contributed by atoms with Crippen LogP contribution in [0.1, 0.15) is 36.0 Å². The molecule has 0 bridgehead atoms. The highest BCUT2D eigenvalue weighted by Gasteiger charge is 2.26. The lowest BCUT2D eigenvalue weighted by Crippen LogP contribution is -2.39. The zero-order valence-corrected chi connectivity index (χ0v) is 14.6. The Labute approximate surface area is 145 Å². The maximum atomic E-state index is 13.0. The van der Waals surface area contributed by atoms with Gasteiger partial charge in [-0.15, -0.1) is 6.58 Å². The van der Waals surface area contributed by atoms with Crippen LogP contribution in [0.4, 0.5) is 0 Å². The van der Waals surface area contributed by atoms with Crippen LogP contribution in [0.2, 0.25) is 0 Å². The first-order valence-corrected chi connectivity index (χ1v) is 8.58. The summed E-state index contributed by atoms with van der Waals surface area (Å²) in [7, 11) is 1.63. The second kappa shape index (κ2) is 6.73. The summed E-state index contributed by atoms with van der Waals surface area (Å²) in [6.07, 6.45) is 6.16. The van der Waals surface area contributed by atoms with Gasteiger partial charge >= 0.3 is 0 Å². The third-order valence-corrected chi connectivity index (χ3v) is 5.08. The average molecular weight is 343 g/mol. The monoisotopic (exact) mass is 343 g/mol. The Morgan fingerprint density at radius 1 is 1.46 bits per heavy atom. The topological polar surface area (TPSA) is 58.1 Å². The predicted molar refractivity (Wildman–Crippen MR) is 97.9 cm³/mol. The Hall–Kier alpha value is -2.21. The van der Waals surface area contributed by atoms with Crippen molar-refractivity contribution in [3.63, 3.8) is 0 Å². The number of hydrogen-bond donors (Lipinski definition) is 1. The van der Waals surface area contributed by atoms with Crippen LogP contribution in [0.3, 0.4) is 0 Å². The normalized spacial score (nSPS) is 14.9. The van der Waals surface area contributed by atoms with Gasteiger partial charge in [0.05, 0.1) is 10.9 Å². The van der Waals surface area contributed by atoms with E-state index in [0.717, 1.165) is 25.7 Å². The lowest BCUT2D eigenvalue weighted by molar-refractivity contribution is 0.0706. The molecule has 1 aromatic carbocycles. The number of H-pyrrole nitrogens is 1. The Bertz CT molecular complexity index is 907. The van der Waals surface area contributed by atoms with Gasteiger partial charge in [0.2, 0.25) is 0 Å². The highest BCUT2D eigenvalue weighted by Crippen LogP contribution is 2.25. The van der Waals surface area contributed by atoms with Crippen LogP contribution in [0.15, 0.2) is 35.6 Å². The number of carbonyl (C=O) groups excluding carboxylic acids is 1. The van der Waals surface area contributed by atoms with Gasteiger partial charge in [0.1, 0.15) is 0 Å². The number of fused-ring (bicyclic) bond motifs is 1. The average Bonchev–Trinajstić information content (AvgIpc) is 3.11. The molecule has 3 rings (SSSR count). The molecule has 0 atom stereocenters. The van der Waals surface area contributed by atoms with Crippen molar-refractivity contribution in [2.75, 3.05) is 6.54 Å². The second-order valence-electron chi connectivity index (χ2n) is 6.24. The number of amides is 1. The van der Waals surface area contributed by atoms with Gasteiger partial charge < -0.3 is 9.88 Å². The number of benzene rings is 1. The lowest BCUT2D eigenvalue weighted by Gasteiger charge is -2.28. The largest absolute Gasteiger partial charge is 0.332 e. The Morgan fingerprint density at radius 3 is 2.83 bits per heavy atom. The van der Waals surface area contributed by atoms with Gasteiger partial charge in [0, 0.05) is 25.2 Å². The van der Waals surface area contributed by atoms with Crippen LogP contribution >= 0.6 is 12.2 Å². The number of aromatic amines is 1. The van der Waals surface area contributed by atoms with E-state index in [1.807, 2.05) is 4.90 Å². The number of rotatable bonds is 4. The lowest BCUT2D eigenvalue weighted by atomic mass is 10.1. The van der Waals surface area contributed by atoms with E-state index in [0.29, 0.717) is 27.8 Å². The van der Waals surface area contributed by atoms with Crippen molar-refractivity contribution in [3.8, 4) is 0 Å². The molecule has 0 aliphatic heterocycles. The molecule has 1 amide bonds. The van der Waals surface area contributed by atoms with Crippen molar-refractivity contribution in [1.82, 2.24) is 14.5 Å². The number of aromatic nitrogens is 2. The van der Waals surface area contributed by atoms with E-state index >= 15 is 0 Å². The predicted octanol–water partition coefficient (Wildman–Crippen LogP) is 3.17. The third-order valence-electron chi connectivity index (χ3n) is 4.70. The molecule has 1 saturated carbocycles. The maximum absolute atomic E-state index is 13.0. The molecule has 126 valence electrons. The number of carbonyl (C=O) groups is 1. The fraction of sp³-hybridized carbons (Fsp3) is 0.389. The van der Waals surface area contributed by atoms with E-state index in [2.05, 4.69) is 11.6 Å². The summed E-state index contributed by atoms with van der Waals surface area (Å²) in [5.74, 6) is -0.0244. The van der Waals surface area contributed by atoms with Crippen LogP contribution in [-0.2, 0) is 7.05 Å². The van der Waals surface area contributed by atoms with Crippen molar-refractivity contribution in [1.29, 1.82) is 0 Å². The fourth-order valence-corrected chi connectivity index (χ4v) is 3.55. The summed E-state index contributed by atoms with van der Waals surface area (Å²) in [6.45, 7) is 4.31. The van der Waals surface area contributed by atoms with Crippen molar-refractivity contribution in [3.05, 3.63) is 51.5 Å². The van der Waals surface area contributed by atoms with Crippen LogP contribution in [0.25, 0.3) is 10.9 Å². The van der Waals surface area contributed by atoms with E-state index < -0.39 is 0 Å². The molecule has 0 spiro atoms. The van der Waals surface area contributed by atoms with E-state index in [1.54, 1.807) is 31.3 Å². The molecular formula is C18H21N3O2S. The molecule has 1 aliphatic rings. The van der Waals surface area contributed by atoms with Crippen molar-refractivity contribution in [2.45, 2.75) is 31.7 Å². The molecule has 1 aromatic heterocycles. The quantitative estimate of drug-likeness (QED) is 0.685. The van der Waals surface area contributed by atoms with Gasteiger partial charge in [-0.25, -0.2) is 0 Å². The molecule has 6 heteroatoms. The number of nitrogens with one attached hydrogen (secondary N) is 1. The first-order chi connectivity index (χ1) is 11.5. The minimum atomic E-state index is -0.161. The number of hydrogen-bond acceptors (Lipinski definition) is 3. The zero-order chi connectivity index (χ0) is 17.3. The Balaban J connectivity index is 2.02. The van der Waals surface area contributed by atoms with E-state index in [1.165, 1.54) is 4.57 Å². The molecule has 1 aliphatic carbocycles. The van der Waals surface area contributed by atoms with Gasteiger partial charge in [-0.1, -0.05) is 18.9 Å². The van der Waals surface area contributed by atoms with E-state index in [9.17, 15) is 9.59 Å². The molecule has 0 unspecified atom stereocenters. The molecule has 2 aromatic rings. The Morgan fingerprint density at radius 2 is 2.17 bits per heavy atom. The van der Waals surface area contributed by atoms with Crippen LogP contribution in [0, 0.1) is 4.77 Å². The highest BCUT2D eigenvalue weighted by molar-refractivity contribution is 7.71. The molecule has 0 radical (unpaired) electrons. The molecule has 1 fully saturated rings. The summed E-state index contributed by atoms with van der Waals surface area (Å²) in [6, 6.07) is 5.40. The first-order valence-electron chi connectivity index (χ1n) is 8.18. The molecule has 1 heterocycles. The smallest absolute Gasteiger partial charge is 0.261 e. The second-order valence-corrected chi connectivity index (χ2v) is 6.63. The highest BCUT2D eigenvalue weighted by atomic mass is 32.1. The molecule has 5 nitrogen and oxygen atoms in total. The zero-order valence-electron chi connectivity index (χ0n) is 13.7. The first kappa shape index (κ1) is 16.6. The van der Waals surface area contributed by atoms with Crippen molar-refractivity contribution in [2.24, 2.45) is 7.05 Å². The Kier molecular flexibility index (Phi) is 4.66. The van der Waals surface area contributed by atoms with Crippen LogP contribution < -0.4 is 5.56 Å². The van der Waals surface area contributed by atoms with Gasteiger partial charge in [-0.05, 0) is 43.3 Å².